The maximum absolute atomic E-state index is 11.5. The molecule has 1 atom stereocenters. The number of methoxy groups -OCH3 is 1. The second kappa shape index (κ2) is 8.04. The zero-order valence-electron chi connectivity index (χ0n) is 11.7. The first-order valence-electron chi connectivity index (χ1n) is 6.47. The fourth-order valence-electron chi connectivity index (χ4n) is 1.66. The van der Waals surface area contributed by atoms with Crippen LogP contribution in [0.5, 0.6) is 5.75 Å². The highest BCUT2D eigenvalue weighted by atomic mass is 16.5. The molecule has 0 aliphatic heterocycles. The number of hydrogen-bond acceptors (Lipinski definition) is 3. The van der Waals surface area contributed by atoms with E-state index in [1.54, 1.807) is 14.0 Å². The van der Waals surface area contributed by atoms with Crippen LogP contribution in [0.4, 0.5) is 4.79 Å². The van der Waals surface area contributed by atoms with Crippen LogP contribution in [0.3, 0.4) is 0 Å². The summed E-state index contributed by atoms with van der Waals surface area (Å²) in [6.07, 6.45) is 1.02. The molecule has 0 radical (unpaired) electrons. The molecule has 0 saturated carbocycles. The van der Waals surface area contributed by atoms with Crippen LogP contribution in [0, 0.1) is 0 Å². The first-order valence-corrected chi connectivity index (χ1v) is 6.47. The van der Waals surface area contributed by atoms with Gasteiger partial charge in [0.05, 0.1) is 7.11 Å². The third-order valence-corrected chi connectivity index (χ3v) is 2.87. The van der Waals surface area contributed by atoms with Crippen molar-refractivity contribution in [3.63, 3.8) is 0 Å². The van der Waals surface area contributed by atoms with Crippen LogP contribution >= 0.6 is 0 Å². The second-order valence-corrected chi connectivity index (χ2v) is 4.30. The van der Waals surface area contributed by atoms with E-state index in [4.69, 9.17) is 9.84 Å². The zero-order valence-corrected chi connectivity index (χ0v) is 11.7. The highest BCUT2D eigenvalue weighted by Crippen LogP contribution is 2.11. The second-order valence-electron chi connectivity index (χ2n) is 4.30. The Morgan fingerprint density at radius 2 is 1.95 bits per heavy atom. The number of benzene rings is 1. The van der Waals surface area contributed by atoms with Crippen molar-refractivity contribution in [2.45, 2.75) is 25.8 Å². The molecule has 20 heavy (non-hydrogen) atoms. The van der Waals surface area contributed by atoms with Gasteiger partial charge in [-0.25, -0.2) is 9.59 Å². The van der Waals surface area contributed by atoms with Crippen LogP contribution < -0.4 is 15.4 Å². The predicted molar refractivity (Wildman–Crippen MR) is 74.9 cm³/mol. The Morgan fingerprint density at radius 3 is 2.45 bits per heavy atom. The molecule has 0 aromatic heterocycles. The largest absolute Gasteiger partial charge is 0.497 e. The molecule has 2 amide bonds. The van der Waals surface area contributed by atoms with E-state index in [-0.39, 0.29) is 0 Å². The summed E-state index contributed by atoms with van der Waals surface area (Å²) in [6, 6.07) is 6.23. The monoisotopic (exact) mass is 280 g/mol. The van der Waals surface area contributed by atoms with E-state index >= 15 is 0 Å². The lowest BCUT2D eigenvalue weighted by atomic mass is 10.1. The molecule has 0 bridgehead atoms. The van der Waals surface area contributed by atoms with E-state index in [1.807, 2.05) is 24.3 Å². The fourth-order valence-corrected chi connectivity index (χ4v) is 1.66. The number of ether oxygens (including phenoxy) is 1. The van der Waals surface area contributed by atoms with Gasteiger partial charge in [0.2, 0.25) is 0 Å². The van der Waals surface area contributed by atoms with Gasteiger partial charge in [-0.3, -0.25) is 0 Å². The number of carboxylic acids is 1. The van der Waals surface area contributed by atoms with Gasteiger partial charge in [0, 0.05) is 6.54 Å². The van der Waals surface area contributed by atoms with Crippen molar-refractivity contribution in [2.24, 2.45) is 0 Å². The summed E-state index contributed by atoms with van der Waals surface area (Å²) in [5, 5.41) is 13.9. The van der Waals surface area contributed by atoms with Crippen LogP contribution in [0.25, 0.3) is 0 Å². The van der Waals surface area contributed by atoms with E-state index < -0.39 is 18.0 Å². The highest BCUT2D eigenvalue weighted by molar-refractivity contribution is 5.82. The summed E-state index contributed by atoms with van der Waals surface area (Å²) in [5.74, 6) is -0.246. The van der Waals surface area contributed by atoms with E-state index in [0.29, 0.717) is 19.4 Å². The van der Waals surface area contributed by atoms with Crippen molar-refractivity contribution >= 4 is 12.0 Å². The minimum atomic E-state index is -1.03. The summed E-state index contributed by atoms with van der Waals surface area (Å²) in [5.41, 5.74) is 1.07. The number of carboxylic acid groups (broad SMARTS) is 1. The summed E-state index contributed by atoms with van der Waals surface area (Å²) < 4.78 is 5.06. The van der Waals surface area contributed by atoms with E-state index in [2.05, 4.69) is 10.6 Å². The van der Waals surface area contributed by atoms with Gasteiger partial charge in [-0.05, 0) is 30.5 Å². The third kappa shape index (κ3) is 5.17. The van der Waals surface area contributed by atoms with Gasteiger partial charge in [0.1, 0.15) is 11.8 Å². The van der Waals surface area contributed by atoms with Crippen LogP contribution in [0.1, 0.15) is 18.9 Å². The van der Waals surface area contributed by atoms with Crippen molar-refractivity contribution in [2.75, 3.05) is 13.7 Å². The number of nitrogens with one attached hydrogen (secondary N) is 2. The maximum atomic E-state index is 11.5. The minimum absolute atomic E-state index is 0.348. The van der Waals surface area contributed by atoms with Gasteiger partial charge >= 0.3 is 12.0 Å². The van der Waals surface area contributed by atoms with Gasteiger partial charge in [0.25, 0.3) is 0 Å². The highest BCUT2D eigenvalue weighted by Gasteiger charge is 2.16. The number of carbonyl (C=O) groups excluding carboxylic acids is 1. The van der Waals surface area contributed by atoms with Crippen LogP contribution in [-0.4, -0.2) is 36.8 Å². The van der Waals surface area contributed by atoms with Crippen molar-refractivity contribution < 1.29 is 19.4 Å². The van der Waals surface area contributed by atoms with Gasteiger partial charge in [-0.15, -0.1) is 0 Å². The predicted octanol–water partition coefficient (Wildman–Crippen LogP) is 1.40. The first kappa shape index (κ1) is 15.8. The SMILES string of the molecule is CC[C@H](NC(=O)NCCc1ccc(OC)cc1)C(=O)O. The number of carbonyl (C=O) groups is 2. The average molecular weight is 280 g/mol. The molecule has 0 aliphatic rings. The lowest BCUT2D eigenvalue weighted by Gasteiger charge is -2.13. The molecule has 1 aromatic rings. The normalized spacial score (nSPS) is 11.5. The fraction of sp³-hybridized carbons (Fsp3) is 0.429. The molecular formula is C14H20N2O4. The molecular weight excluding hydrogens is 260 g/mol. The lowest BCUT2D eigenvalue weighted by Crippen LogP contribution is -2.46. The summed E-state index contributed by atoms with van der Waals surface area (Å²) in [4.78, 5) is 22.3. The minimum Gasteiger partial charge on any atom is -0.497 e. The smallest absolute Gasteiger partial charge is 0.326 e. The number of aliphatic carboxylic acids is 1. The summed E-state index contributed by atoms with van der Waals surface area (Å²) >= 11 is 0. The van der Waals surface area contributed by atoms with Crippen LogP contribution in [0.15, 0.2) is 24.3 Å². The average Bonchev–Trinajstić information content (AvgIpc) is 2.45. The number of amides is 2. The molecule has 1 aromatic carbocycles. The molecule has 6 heteroatoms. The molecule has 3 N–H and O–H groups in total. The Kier molecular flexibility index (Phi) is 6.36. The van der Waals surface area contributed by atoms with Crippen molar-refractivity contribution in [3.05, 3.63) is 29.8 Å². The van der Waals surface area contributed by atoms with Crippen molar-refractivity contribution in [1.82, 2.24) is 10.6 Å². The van der Waals surface area contributed by atoms with Gasteiger partial charge < -0.3 is 20.5 Å². The van der Waals surface area contributed by atoms with Crippen molar-refractivity contribution in [3.8, 4) is 5.75 Å². The summed E-state index contributed by atoms with van der Waals surface area (Å²) in [6.45, 7) is 2.14. The Balaban J connectivity index is 2.32. The Morgan fingerprint density at radius 1 is 1.30 bits per heavy atom. The first-order chi connectivity index (χ1) is 9.56. The molecule has 1 rings (SSSR count). The van der Waals surface area contributed by atoms with Gasteiger partial charge in [-0.1, -0.05) is 19.1 Å². The molecule has 0 aliphatic carbocycles. The standard InChI is InChI=1S/C14H20N2O4/c1-3-12(13(17)18)16-14(19)15-9-8-10-4-6-11(20-2)7-5-10/h4-7,12H,3,8-9H2,1-2H3,(H,17,18)(H2,15,16,19)/t12-/m0/s1. The van der Waals surface area contributed by atoms with Crippen molar-refractivity contribution in [1.29, 1.82) is 0 Å². The number of hydrogen-bond donors (Lipinski definition) is 3. The van der Waals surface area contributed by atoms with E-state index in [9.17, 15) is 9.59 Å². The third-order valence-electron chi connectivity index (χ3n) is 2.87. The topological polar surface area (TPSA) is 87.7 Å². The molecule has 0 saturated heterocycles. The Hall–Kier alpha value is -2.24. The summed E-state index contributed by atoms with van der Waals surface area (Å²) in [7, 11) is 1.60. The molecule has 0 fully saturated rings. The Bertz CT molecular complexity index is 445. The molecule has 110 valence electrons. The quantitative estimate of drug-likeness (QED) is 0.704. The van der Waals surface area contributed by atoms with Gasteiger partial charge in [0.15, 0.2) is 0 Å². The molecule has 0 spiro atoms. The molecule has 0 heterocycles. The van der Waals surface area contributed by atoms with Gasteiger partial charge in [-0.2, -0.15) is 0 Å². The Labute approximate surface area is 118 Å². The van der Waals surface area contributed by atoms with Crippen LogP contribution in [0.2, 0.25) is 0 Å². The molecule has 6 nitrogen and oxygen atoms in total. The van der Waals surface area contributed by atoms with Crippen LogP contribution in [-0.2, 0) is 11.2 Å². The maximum Gasteiger partial charge on any atom is 0.326 e. The molecule has 0 unspecified atom stereocenters. The number of urea groups is 1. The lowest BCUT2D eigenvalue weighted by molar-refractivity contribution is -0.139. The van der Waals surface area contributed by atoms with E-state index in [1.165, 1.54) is 0 Å². The van der Waals surface area contributed by atoms with E-state index in [0.717, 1.165) is 11.3 Å². The number of rotatable bonds is 7. The zero-order chi connectivity index (χ0) is 15.0.